The highest BCUT2D eigenvalue weighted by Gasteiger charge is 2.44. The number of ether oxygens (including phenoxy) is 1. The van der Waals surface area contributed by atoms with E-state index >= 15 is 0 Å². The molecule has 1 fully saturated rings. The van der Waals surface area contributed by atoms with Gasteiger partial charge < -0.3 is 14.7 Å². The number of carbonyl (C=O) groups excluding carboxylic acids is 1. The van der Waals surface area contributed by atoms with Crippen molar-refractivity contribution in [3.8, 4) is 0 Å². The van der Waals surface area contributed by atoms with E-state index in [0.717, 1.165) is 25.7 Å². The summed E-state index contributed by atoms with van der Waals surface area (Å²) in [6.07, 6.45) is 6.09. The first kappa shape index (κ1) is 16.6. The molecule has 1 aliphatic heterocycles. The highest BCUT2D eigenvalue weighted by Crippen LogP contribution is 2.42. The quantitative estimate of drug-likeness (QED) is 0.277. The van der Waals surface area contributed by atoms with E-state index in [2.05, 4.69) is 18.7 Å². The predicted octanol–water partition coefficient (Wildman–Crippen LogP) is 3.66. The van der Waals surface area contributed by atoms with Crippen LogP contribution in [0.15, 0.2) is 29.1 Å². The van der Waals surface area contributed by atoms with E-state index in [9.17, 15) is 9.90 Å². The Morgan fingerprint density at radius 1 is 1.55 bits per heavy atom. The van der Waals surface area contributed by atoms with Crippen LogP contribution in [0.25, 0.3) is 0 Å². The summed E-state index contributed by atoms with van der Waals surface area (Å²) in [5.41, 5.74) is 0.0528. The Bertz CT molecular complexity index is 499. The van der Waals surface area contributed by atoms with Crippen LogP contribution in [0, 0.1) is 5.92 Å². The van der Waals surface area contributed by atoms with Gasteiger partial charge in [-0.2, -0.15) is 0 Å². The fourth-order valence-electron chi connectivity index (χ4n) is 3.10. The molecule has 5 nitrogen and oxygen atoms in total. The van der Waals surface area contributed by atoms with Crippen LogP contribution in [0.5, 0.6) is 0 Å². The maximum Gasteiger partial charge on any atom is 0.344 e. The molecule has 2 rings (SSSR count). The van der Waals surface area contributed by atoms with Crippen molar-refractivity contribution in [2.75, 3.05) is 6.61 Å². The van der Waals surface area contributed by atoms with Gasteiger partial charge in [0, 0.05) is 6.42 Å². The molecule has 1 saturated carbocycles. The van der Waals surface area contributed by atoms with E-state index in [-0.39, 0.29) is 17.9 Å². The molecule has 1 aliphatic carbocycles. The van der Waals surface area contributed by atoms with Crippen molar-refractivity contribution in [3.05, 3.63) is 24.0 Å². The van der Waals surface area contributed by atoms with Gasteiger partial charge in [0.15, 0.2) is 0 Å². The Balaban J connectivity index is 2.20. The zero-order chi connectivity index (χ0) is 16.2. The molecule has 0 unspecified atom stereocenters. The third-order valence-electron chi connectivity index (χ3n) is 4.47. The van der Waals surface area contributed by atoms with Gasteiger partial charge in [0.1, 0.15) is 23.5 Å². The van der Waals surface area contributed by atoms with Gasteiger partial charge in [-0.15, -0.1) is 0 Å². The number of hydrogen-bond donors (Lipinski definition) is 1. The Morgan fingerprint density at radius 3 is 2.77 bits per heavy atom. The van der Waals surface area contributed by atoms with Crippen LogP contribution >= 0.6 is 0 Å². The SMILES string of the molecule is C=CCO/N=C(/CC)C1=C(O)CC2(CCC(C)CC2)OC1=O. The zero-order valence-corrected chi connectivity index (χ0v) is 13.4. The number of carbonyl (C=O) groups is 1. The molecule has 22 heavy (non-hydrogen) atoms. The van der Waals surface area contributed by atoms with Crippen LogP contribution in [0.4, 0.5) is 0 Å². The van der Waals surface area contributed by atoms with Crippen LogP contribution < -0.4 is 0 Å². The largest absolute Gasteiger partial charge is 0.511 e. The minimum Gasteiger partial charge on any atom is -0.511 e. The van der Waals surface area contributed by atoms with Crippen LogP contribution in [0.1, 0.15) is 52.4 Å². The van der Waals surface area contributed by atoms with Crippen molar-refractivity contribution in [2.24, 2.45) is 11.1 Å². The number of aliphatic hydroxyl groups is 1. The molecular formula is C17H25NO4. The molecule has 1 spiro atoms. The molecule has 0 bridgehead atoms. The van der Waals surface area contributed by atoms with E-state index < -0.39 is 11.6 Å². The molecule has 5 heteroatoms. The van der Waals surface area contributed by atoms with Crippen LogP contribution in [0.3, 0.4) is 0 Å². The molecule has 2 aliphatic rings. The highest BCUT2D eigenvalue weighted by molar-refractivity contribution is 6.20. The molecule has 0 saturated heterocycles. The van der Waals surface area contributed by atoms with Crippen LogP contribution in [-0.4, -0.2) is 29.0 Å². The maximum atomic E-state index is 12.4. The molecule has 0 aromatic rings. The lowest BCUT2D eigenvalue weighted by atomic mass is 9.75. The lowest BCUT2D eigenvalue weighted by Crippen LogP contribution is -2.44. The number of nitrogens with zero attached hydrogens (tertiary/aromatic N) is 1. The fourth-order valence-corrected chi connectivity index (χ4v) is 3.10. The van der Waals surface area contributed by atoms with E-state index in [0.29, 0.717) is 24.5 Å². The lowest BCUT2D eigenvalue weighted by molar-refractivity contribution is -0.162. The third-order valence-corrected chi connectivity index (χ3v) is 4.47. The van der Waals surface area contributed by atoms with Crippen molar-refractivity contribution in [3.63, 3.8) is 0 Å². The summed E-state index contributed by atoms with van der Waals surface area (Å²) in [6, 6.07) is 0. The Morgan fingerprint density at radius 2 is 2.23 bits per heavy atom. The van der Waals surface area contributed by atoms with Crippen molar-refractivity contribution >= 4 is 11.7 Å². The van der Waals surface area contributed by atoms with Gasteiger partial charge in [-0.3, -0.25) is 0 Å². The van der Waals surface area contributed by atoms with Gasteiger partial charge in [-0.25, -0.2) is 4.79 Å². The second kappa shape index (κ2) is 6.99. The van der Waals surface area contributed by atoms with Gasteiger partial charge in [0.05, 0.1) is 5.71 Å². The van der Waals surface area contributed by atoms with E-state index in [4.69, 9.17) is 9.57 Å². The molecule has 0 radical (unpaired) electrons. The molecule has 0 amide bonds. The summed E-state index contributed by atoms with van der Waals surface area (Å²) >= 11 is 0. The van der Waals surface area contributed by atoms with Crippen LogP contribution in [0.2, 0.25) is 0 Å². The average molecular weight is 307 g/mol. The summed E-state index contributed by atoms with van der Waals surface area (Å²) in [5, 5.41) is 14.3. The monoisotopic (exact) mass is 307 g/mol. The van der Waals surface area contributed by atoms with Crippen molar-refractivity contribution in [1.29, 1.82) is 0 Å². The van der Waals surface area contributed by atoms with Gasteiger partial charge in [0.2, 0.25) is 0 Å². The molecule has 1 N–H and O–H groups in total. The zero-order valence-electron chi connectivity index (χ0n) is 13.4. The summed E-state index contributed by atoms with van der Waals surface area (Å²) in [5.74, 6) is 0.242. The summed E-state index contributed by atoms with van der Waals surface area (Å²) in [4.78, 5) is 17.4. The van der Waals surface area contributed by atoms with Crippen molar-refractivity contribution in [1.82, 2.24) is 0 Å². The van der Waals surface area contributed by atoms with Crippen molar-refractivity contribution in [2.45, 2.75) is 58.0 Å². The number of rotatable bonds is 5. The smallest absolute Gasteiger partial charge is 0.344 e. The fraction of sp³-hybridized carbons (Fsp3) is 0.647. The number of oxime groups is 1. The molecule has 122 valence electrons. The summed E-state index contributed by atoms with van der Waals surface area (Å²) in [6.45, 7) is 7.86. The molecular weight excluding hydrogens is 282 g/mol. The molecule has 0 atom stereocenters. The normalized spacial score (nSPS) is 29.5. The van der Waals surface area contributed by atoms with Crippen molar-refractivity contribution < 1.29 is 19.5 Å². The average Bonchev–Trinajstić information content (AvgIpc) is 2.48. The lowest BCUT2D eigenvalue weighted by Gasteiger charge is -2.41. The first-order valence-electron chi connectivity index (χ1n) is 7.97. The van der Waals surface area contributed by atoms with Crippen LogP contribution in [-0.2, 0) is 14.4 Å². The minimum absolute atomic E-state index is 0.0774. The Hall–Kier alpha value is -1.78. The first-order valence-corrected chi connectivity index (χ1v) is 7.97. The van der Waals surface area contributed by atoms with E-state index in [1.54, 1.807) is 6.08 Å². The van der Waals surface area contributed by atoms with E-state index in [1.807, 2.05) is 6.92 Å². The number of hydrogen-bond acceptors (Lipinski definition) is 5. The summed E-state index contributed by atoms with van der Waals surface area (Å²) < 4.78 is 5.72. The third kappa shape index (κ3) is 3.51. The second-order valence-corrected chi connectivity index (χ2v) is 6.23. The molecule has 0 aromatic carbocycles. The highest BCUT2D eigenvalue weighted by atomic mass is 16.6. The number of esters is 1. The maximum absolute atomic E-state index is 12.4. The molecule has 1 heterocycles. The Labute approximate surface area is 131 Å². The standard InChI is InChI=1S/C17H25NO4/c1-4-10-21-18-13(5-2)15-14(19)11-17(22-16(15)20)8-6-12(3)7-9-17/h4,12,19H,1,5-11H2,2-3H3/b18-13-. The van der Waals surface area contributed by atoms with Gasteiger partial charge in [0.25, 0.3) is 0 Å². The second-order valence-electron chi connectivity index (χ2n) is 6.23. The topological polar surface area (TPSA) is 68.1 Å². The molecule has 0 aromatic heterocycles. The minimum atomic E-state index is -0.530. The van der Waals surface area contributed by atoms with Gasteiger partial charge >= 0.3 is 5.97 Å². The van der Waals surface area contributed by atoms with Gasteiger partial charge in [-0.05, 0) is 38.0 Å². The van der Waals surface area contributed by atoms with E-state index in [1.165, 1.54) is 0 Å². The Kier molecular flexibility index (Phi) is 5.27. The first-order chi connectivity index (χ1) is 10.5. The number of aliphatic hydroxyl groups excluding tert-OH is 1. The predicted molar refractivity (Wildman–Crippen MR) is 84.6 cm³/mol. The van der Waals surface area contributed by atoms with Gasteiger partial charge in [-0.1, -0.05) is 31.7 Å². The summed E-state index contributed by atoms with van der Waals surface area (Å²) in [7, 11) is 0.